The molecule has 2 rings (SSSR count). The minimum absolute atomic E-state index is 0.356. The lowest BCUT2D eigenvalue weighted by molar-refractivity contribution is 0.144. The Kier molecular flexibility index (Phi) is 5.73. The van der Waals surface area contributed by atoms with Gasteiger partial charge in [0.05, 0.1) is 30.4 Å². The number of carbonyl (C=O) groups excluding carboxylic acids is 1. The van der Waals surface area contributed by atoms with Crippen LogP contribution in [0.25, 0.3) is 0 Å². The monoisotopic (exact) mass is 305 g/mol. The zero-order valence-corrected chi connectivity index (χ0v) is 12.6. The lowest BCUT2D eigenvalue weighted by Crippen LogP contribution is -2.19. The lowest BCUT2D eigenvalue weighted by atomic mass is 10.4. The molecule has 0 radical (unpaired) electrons. The molecule has 0 aliphatic rings. The van der Waals surface area contributed by atoms with Gasteiger partial charge in [0.1, 0.15) is 6.61 Å². The highest BCUT2D eigenvalue weighted by atomic mass is 16.5. The summed E-state index contributed by atoms with van der Waals surface area (Å²) in [5.74, 6) is 0.479. The Morgan fingerprint density at radius 1 is 1.23 bits per heavy atom. The Labute approximate surface area is 128 Å². The normalized spacial score (nSPS) is 10.3. The van der Waals surface area contributed by atoms with Crippen LogP contribution in [0.3, 0.4) is 0 Å². The van der Waals surface area contributed by atoms with Crippen LogP contribution >= 0.6 is 0 Å². The number of pyridine rings is 1. The number of methoxy groups -OCH3 is 1. The number of aromatic nitrogens is 3. The minimum atomic E-state index is -0.356. The Bertz CT molecular complexity index is 597. The van der Waals surface area contributed by atoms with Crippen molar-refractivity contribution in [2.75, 3.05) is 31.0 Å². The average molecular weight is 305 g/mol. The molecule has 0 aromatic carbocycles. The molecular weight excluding hydrogens is 286 g/mol. The summed E-state index contributed by atoms with van der Waals surface area (Å²) in [6.07, 6.45) is 4.87. The van der Waals surface area contributed by atoms with Crippen molar-refractivity contribution in [1.29, 1.82) is 0 Å². The third-order valence-corrected chi connectivity index (χ3v) is 2.75. The summed E-state index contributed by atoms with van der Waals surface area (Å²) >= 11 is 0. The molecule has 2 N–H and O–H groups in total. The molecule has 0 fully saturated rings. The Balaban J connectivity index is 1.83. The SMILES string of the molecule is CCn1cc(NC(=O)Nc2ccc(OCCOC)nc2)cn1. The molecule has 0 atom stereocenters. The standard InChI is InChI=1S/C14H19N5O3/c1-3-19-10-12(9-16-19)18-14(20)17-11-4-5-13(15-8-11)22-7-6-21-2/h4-5,8-10H,3,6-7H2,1-2H3,(H2,17,18,20). The number of carbonyl (C=O) groups is 1. The van der Waals surface area contributed by atoms with E-state index in [-0.39, 0.29) is 6.03 Å². The van der Waals surface area contributed by atoms with Crippen LogP contribution in [0.1, 0.15) is 6.92 Å². The van der Waals surface area contributed by atoms with E-state index in [4.69, 9.17) is 9.47 Å². The van der Waals surface area contributed by atoms with E-state index >= 15 is 0 Å². The van der Waals surface area contributed by atoms with Crippen molar-refractivity contribution in [3.63, 3.8) is 0 Å². The summed E-state index contributed by atoms with van der Waals surface area (Å²) in [5.41, 5.74) is 1.20. The first kappa shape index (κ1) is 15.8. The molecule has 0 aliphatic carbocycles. The first-order valence-electron chi connectivity index (χ1n) is 6.89. The van der Waals surface area contributed by atoms with E-state index in [1.54, 1.807) is 36.3 Å². The van der Waals surface area contributed by atoms with Crippen LogP contribution in [0, 0.1) is 0 Å². The van der Waals surface area contributed by atoms with E-state index < -0.39 is 0 Å². The number of ether oxygens (including phenoxy) is 2. The van der Waals surface area contributed by atoms with Crippen LogP contribution in [-0.4, -0.2) is 41.1 Å². The number of hydrogen-bond acceptors (Lipinski definition) is 5. The molecule has 0 spiro atoms. The molecule has 2 aromatic rings. The van der Waals surface area contributed by atoms with Crippen LogP contribution in [0.2, 0.25) is 0 Å². The summed E-state index contributed by atoms with van der Waals surface area (Å²) in [5, 5.41) is 9.45. The van der Waals surface area contributed by atoms with Gasteiger partial charge in [0, 0.05) is 25.9 Å². The van der Waals surface area contributed by atoms with Gasteiger partial charge in [-0.05, 0) is 13.0 Å². The molecule has 2 amide bonds. The van der Waals surface area contributed by atoms with E-state index in [9.17, 15) is 4.79 Å². The van der Waals surface area contributed by atoms with Crippen LogP contribution in [0.5, 0.6) is 5.88 Å². The number of amides is 2. The van der Waals surface area contributed by atoms with Gasteiger partial charge in [0.25, 0.3) is 0 Å². The summed E-state index contributed by atoms with van der Waals surface area (Å²) in [4.78, 5) is 15.9. The topological polar surface area (TPSA) is 90.3 Å². The van der Waals surface area contributed by atoms with Gasteiger partial charge in [-0.3, -0.25) is 4.68 Å². The highest BCUT2D eigenvalue weighted by Crippen LogP contribution is 2.12. The van der Waals surface area contributed by atoms with Gasteiger partial charge in [-0.2, -0.15) is 5.10 Å². The molecule has 0 saturated carbocycles. The molecule has 118 valence electrons. The van der Waals surface area contributed by atoms with Gasteiger partial charge in [0.2, 0.25) is 5.88 Å². The largest absolute Gasteiger partial charge is 0.475 e. The van der Waals surface area contributed by atoms with Crippen LogP contribution in [0.15, 0.2) is 30.7 Å². The number of nitrogens with zero attached hydrogens (tertiary/aromatic N) is 3. The number of anilines is 2. The van der Waals surface area contributed by atoms with E-state index in [1.807, 2.05) is 6.92 Å². The summed E-state index contributed by atoms with van der Waals surface area (Å²) < 4.78 is 11.9. The lowest BCUT2D eigenvalue weighted by Gasteiger charge is -2.07. The summed E-state index contributed by atoms with van der Waals surface area (Å²) in [6, 6.07) is 3.04. The quantitative estimate of drug-likeness (QED) is 0.763. The van der Waals surface area contributed by atoms with E-state index in [2.05, 4.69) is 20.7 Å². The van der Waals surface area contributed by atoms with E-state index in [0.29, 0.717) is 30.5 Å². The maximum absolute atomic E-state index is 11.8. The Hall–Kier alpha value is -2.61. The molecule has 0 unspecified atom stereocenters. The fraction of sp³-hybridized carbons (Fsp3) is 0.357. The maximum atomic E-state index is 11.8. The van der Waals surface area contributed by atoms with Crippen LogP contribution in [0.4, 0.5) is 16.2 Å². The third-order valence-electron chi connectivity index (χ3n) is 2.75. The van der Waals surface area contributed by atoms with Crippen LogP contribution in [-0.2, 0) is 11.3 Å². The molecule has 0 aliphatic heterocycles. The zero-order valence-electron chi connectivity index (χ0n) is 12.6. The predicted molar refractivity (Wildman–Crippen MR) is 82.2 cm³/mol. The van der Waals surface area contributed by atoms with Gasteiger partial charge >= 0.3 is 6.03 Å². The van der Waals surface area contributed by atoms with Crippen molar-refractivity contribution in [1.82, 2.24) is 14.8 Å². The maximum Gasteiger partial charge on any atom is 0.323 e. The van der Waals surface area contributed by atoms with Gasteiger partial charge in [-0.1, -0.05) is 0 Å². The van der Waals surface area contributed by atoms with Crippen molar-refractivity contribution >= 4 is 17.4 Å². The number of urea groups is 1. The summed E-state index contributed by atoms with van der Waals surface area (Å²) in [7, 11) is 1.60. The van der Waals surface area contributed by atoms with Crippen molar-refractivity contribution in [3.8, 4) is 5.88 Å². The van der Waals surface area contributed by atoms with E-state index in [1.165, 1.54) is 6.20 Å². The molecule has 0 bridgehead atoms. The number of nitrogens with one attached hydrogen (secondary N) is 2. The zero-order chi connectivity index (χ0) is 15.8. The predicted octanol–water partition coefficient (Wildman–Crippen LogP) is 1.97. The third kappa shape index (κ3) is 4.74. The molecule has 2 aromatic heterocycles. The van der Waals surface area contributed by atoms with Crippen molar-refractivity contribution < 1.29 is 14.3 Å². The highest BCUT2D eigenvalue weighted by Gasteiger charge is 2.05. The fourth-order valence-electron chi connectivity index (χ4n) is 1.66. The minimum Gasteiger partial charge on any atom is -0.475 e. The van der Waals surface area contributed by atoms with E-state index in [0.717, 1.165) is 6.54 Å². The van der Waals surface area contributed by atoms with Gasteiger partial charge in [0.15, 0.2) is 0 Å². The second-order valence-electron chi connectivity index (χ2n) is 4.39. The first-order chi connectivity index (χ1) is 10.7. The molecule has 8 nitrogen and oxygen atoms in total. The number of aryl methyl sites for hydroxylation is 1. The van der Waals surface area contributed by atoms with Gasteiger partial charge in [-0.15, -0.1) is 0 Å². The molecule has 0 saturated heterocycles. The van der Waals surface area contributed by atoms with Gasteiger partial charge < -0.3 is 20.1 Å². The van der Waals surface area contributed by atoms with Crippen molar-refractivity contribution in [2.45, 2.75) is 13.5 Å². The van der Waals surface area contributed by atoms with Crippen molar-refractivity contribution in [3.05, 3.63) is 30.7 Å². The van der Waals surface area contributed by atoms with Crippen LogP contribution < -0.4 is 15.4 Å². The first-order valence-corrected chi connectivity index (χ1v) is 6.89. The fourth-order valence-corrected chi connectivity index (χ4v) is 1.66. The molecule has 2 heterocycles. The van der Waals surface area contributed by atoms with Crippen molar-refractivity contribution in [2.24, 2.45) is 0 Å². The molecule has 8 heteroatoms. The second-order valence-corrected chi connectivity index (χ2v) is 4.39. The number of hydrogen-bond donors (Lipinski definition) is 2. The molecular formula is C14H19N5O3. The highest BCUT2D eigenvalue weighted by molar-refractivity contribution is 5.99. The van der Waals surface area contributed by atoms with Gasteiger partial charge in [-0.25, -0.2) is 9.78 Å². The smallest absolute Gasteiger partial charge is 0.323 e. The number of rotatable bonds is 7. The average Bonchev–Trinajstić information content (AvgIpc) is 2.97. The Morgan fingerprint density at radius 2 is 2.05 bits per heavy atom. The molecule has 22 heavy (non-hydrogen) atoms. The Morgan fingerprint density at radius 3 is 2.68 bits per heavy atom. The summed E-state index contributed by atoms with van der Waals surface area (Å²) in [6.45, 7) is 3.64. The second kappa shape index (κ2) is 7.99.